The number of rotatable bonds is 4. The van der Waals surface area contributed by atoms with E-state index in [-0.39, 0.29) is 10.8 Å². The first kappa shape index (κ1) is 31.9. The Bertz CT molecular complexity index is 2820. The number of hydrogen-bond donors (Lipinski definition) is 0. The average molecular weight is 716 g/mol. The Labute approximate surface area is 329 Å². The third-order valence-electron chi connectivity index (χ3n) is 13.9. The Morgan fingerprint density at radius 3 is 1.14 bits per heavy atom. The predicted molar refractivity (Wildman–Crippen MR) is 233 cm³/mol. The van der Waals surface area contributed by atoms with Gasteiger partial charge < -0.3 is 4.90 Å². The van der Waals surface area contributed by atoms with Gasteiger partial charge in [0.2, 0.25) is 0 Å². The van der Waals surface area contributed by atoms with Gasteiger partial charge in [0.1, 0.15) is 0 Å². The smallest absolute Gasteiger partial charge is 0.0745 e. The fourth-order valence-corrected chi connectivity index (χ4v) is 11.4. The minimum atomic E-state index is -0.480. The molecule has 0 atom stereocenters. The van der Waals surface area contributed by atoms with Crippen molar-refractivity contribution in [2.75, 3.05) is 4.90 Å². The topological polar surface area (TPSA) is 3.24 Å². The van der Waals surface area contributed by atoms with Crippen LogP contribution in [0.1, 0.15) is 72.2 Å². The zero-order chi connectivity index (χ0) is 37.6. The van der Waals surface area contributed by atoms with Gasteiger partial charge in [-0.15, -0.1) is 0 Å². The minimum absolute atomic E-state index is 0.129. The van der Waals surface area contributed by atoms with Crippen LogP contribution in [0.3, 0.4) is 0 Å². The fourth-order valence-electron chi connectivity index (χ4n) is 11.4. The van der Waals surface area contributed by atoms with E-state index in [4.69, 9.17) is 0 Å². The van der Waals surface area contributed by atoms with E-state index >= 15 is 0 Å². The van der Waals surface area contributed by atoms with Crippen LogP contribution in [0.5, 0.6) is 0 Å². The quantitative estimate of drug-likeness (QED) is 0.175. The van der Waals surface area contributed by atoms with Crippen LogP contribution in [-0.4, -0.2) is 0 Å². The second kappa shape index (κ2) is 10.9. The summed E-state index contributed by atoms with van der Waals surface area (Å²) in [7, 11) is 0. The first-order chi connectivity index (χ1) is 27.3. The zero-order valence-electron chi connectivity index (χ0n) is 32.2. The van der Waals surface area contributed by atoms with Crippen molar-refractivity contribution >= 4 is 17.1 Å². The Morgan fingerprint density at radius 1 is 0.304 bits per heavy atom. The molecule has 0 bridgehead atoms. The molecule has 0 saturated heterocycles. The molecule has 56 heavy (non-hydrogen) atoms. The lowest BCUT2D eigenvalue weighted by atomic mass is 9.69. The van der Waals surface area contributed by atoms with E-state index in [0.717, 1.165) is 0 Å². The van der Waals surface area contributed by atoms with Crippen LogP contribution >= 0.6 is 0 Å². The van der Waals surface area contributed by atoms with Crippen LogP contribution in [0.2, 0.25) is 0 Å². The van der Waals surface area contributed by atoms with Crippen LogP contribution in [0.15, 0.2) is 176 Å². The summed E-state index contributed by atoms with van der Waals surface area (Å²) in [6.07, 6.45) is 0. The molecule has 0 spiro atoms. The summed E-state index contributed by atoms with van der Waals surface area (Å²) in [5, 5.41) is 0. The van der Waals surface area contributed by atoms with Gasteiger partial charge in [0.15, 0.2) is 0 Å². The highest BCUT2D eigenvalue weighted by atomic mass is 15.1. The molecule has 12 rings (SSSR count). The lowest BCUT2D eigenvalue weighted by Gasteiger charge is -2.37. The van der Waals surface area contributed by atoms with Crippen molar-refractivity contribution in [1.29, 1.82) is 0 Å². The van der Waals surface area contributed by atoms with Gasteiger partial charge in [-0.3, -0.25) is 0 Å². The standard InChI is InChI=1S/C55H41N/c1-53(2)44-22-9-5-16-36(44)40-30-28-34(32-49(40)53)56(35-29-31-41-37-17-6-10-23-45(37)54(3,4)50(41)33-35)51-27-14-13-26-48(51)55-46-24-11-7-18-38(46)42-20-15-21-43(52(42)55)39-19-8-12-25-47(39)55/h5-33H,1-4H3. The molecule has 0 fully saturated rings. The molecular weight excluding hydrogens is 675 g/mol. The van der Waals surface area contributed by atoms with Crippen LogP contribution in [0.4, 0.5) is 17.1 Å². The molecule has 4 aliphatic carbocycles. The highest BCUT2D eigenvalue weighted by Gasteiger charge is 2.53. The number of benzene rings is 8. The SMILES string of the molecule is CC1(C)c2ccccc2-c2ccc(N(c3ccc4c(c3)C(C)(C)c3ccccc3-4)c3ccccc3C34c5ccccc5-c5cccc(c53)-c3ccccc34)cc21. The molecule has 0 N–H and O–H groups in total. The minimum Gasteiger partial charge on any atom is -0.310 e. The molecule has 0 saturated carbocycles. The van der Waals surface area contributed by atoms with Gasteiger partial charge in [-0.05, 0) is 119 Å². The van der Waals surface area contributed by atoms with Gasteiger partial charge in [-0.2, -0.15) is 0 Å². The Morgan fingerprint density at radius 2 is 0.661 bits per heavy atom. The summed E-state index contributed by atoms with van der Waals surface area (Å²) < 4.78 is 0. The summed E-state index contributed by atoms with van der Waals surface area (Å²) in [5.41, 5.74) is 24.4. The highest BCUT2D eigenvalue weighted by molar-refractivity contribution is 6.01. The number of hydrogen-bond acceptors (Lipinski definition) is 1. The summed E-state index contributed by atoms with van der Waals surface area (Å²) in [6, 6.07) is 66.9. The molecule has 0 aliphatic heterocycles. The highest BCUT2D eigenvalue weighted by Crippen LogP contribution is 2.66. The summed E-state index contributed by atoms with van der Waals surface area (Å²) in [5.74, 6) is 0. The van der Waals surface area contributed by atoms with Gasteiger partial charge in [0, 0.05) is 22.2 Å². The van der Waals surface area contributed by atoms with Gasteiger partial charge in [-0.1, -0.05) is 173 Å². The second-order valence-corrected chi connectivity index (χ2v) is 17.2. The maximum atomic E-state index is 2.58. The van der Waals surface area contributed by atoms with E-state index in [1.54, 1.807) is 0 Å². The summed E-state index contributed by atoms with van der Waals surface area (Å²) in [6.45, 7) is 9.54. The molecule has 0 radical (unpaired) electrons. The second-order valence-electron chi connectivity index (χ2n) is 17.2. The summed E-state index contributed by atoms with van der Waals surface area (Å²) >= 11 is 0. The van der Waals surface area contributed by atoms with Crippen molar-refractivity contribution in [3.63, 3.8) is 0 Å². The molecule has 1 heteroatoms. The molecule has 0 heterocycles. The monoisotopic (exact) mass is 715 g/mol. The van der Waals surface area contributed by atoms with E-state index < -0.39 is 5.41 Å². The van der Waals surface area contributed by atoms with Gasteiger partial charge in [0.25, 0.3) is 0 Å². The third kappa shape index (κ3) is 3.81. The third-order valence-corrected chi connectivity index (χ3v) is 13.9. The Kier molecular flexibility index (Phi) is 6.18. The lowest BCUT2D eigenvalue weighted by Crippen LogP contribution is -2.29. The maximum Gasteiger partial charge on any atom is 0.0745 e. The van der Waals surface area contributed by atoms with Crippen molar-refractivity contribution in [1.82, 2.24) is 0 Å². The lowest BCUT2D eigenvalue weighted by molar-refractivity contribution is 0.660. The Hall–Kier alpha value is -6.44. The van der Waals surface area contributed by atoms with Crippen molar-refractivity contribution in [3.05, 3.63) is 220 Å². The molecule has 8 aromatic carbocycles. The van der Waals surface area contributed by atoms with Crippen molar-refractivity contribution in [2.24, 2.45) is 0 Å². The molecule has 4 aliphatic rings. The van der Waals surface area contributed by atoms with E-state index in [1.807, 2.05) is 0 Å². The van der Waals surface area contributed by atoms with Crippen molar-refractivity contribution in [2.45, 2.75) is 43.9 Å². The van der Waals surface area contributed by atoms with Crippen molar-refractivity contribution in [3.8, 4) is 44.5 Å². The molecule has 8 aromatic rings. The normalized spacial score (nSPS) is 15.9. The fraction of sp³-hybridized carbons (Fsp3) is 0.127. The molecule has 266 valence electrons. The van der Waals surface area contributed by atoms with E-state index in [2.05, 4.69) is 209 Å². The zero-order valence-corrected chi connectivity index (χ0v) is 32.2. The number of nitrogens with zero attached hydrogens (tertiary/aromatic N) is 1. The van der Waals surface area contributed by atoms with Crippen molar-refractivity contribution < 1.29 is 0 Å². The first-order valence-corrected chi connectivity index (χ1v) is 20.0. The molecular formula is C55H41N. The number of para-hydroxylation sites is 1. The maximum absolute atomic E-state index is 2.58. The van der Waals surface area contributed by atoms with Gasteiger partial charge in [-0.25, -0.2) is 0 Å². The first-order valence-electron chi connectivity index (χ1n) is 20.0. The van der Waals surface area contributed by atoms with Crippen LogP contribution in [0, 0.1) is 0 Å². The predicted octanol–water partition coefficient (Wildman–Crippen LogP) is 14.1. The van der Waals surface area contributed by atoms with Gasteiger partial charge >= 0.3 is 0 Å². The number of fused-ring (bicyclic) bond motifs is 12. The van der Waals surface area contributed by atoms with E-state index in [9.17, 15) is 0 Å². The van der Waals surface area contributed by atoms with Gasteiger partial charge in [0.05, 0.1) is 11.1 Å². The number of anilines is 3. The Balaban J connectivity index is 1.16. The van der Waals surface area contributed by atoms with E-state index in [0.29, 0.717) is 0 Å². The molecule has 1 nitrogen and oxygen atoms in total. The summed E-state index contributed by atoms with van der Waals surface area (Å²) in [4.78, 5) is 2.58. The van der Waals surface area contributed by atoms with Crippen LogP contribution < -0.4 is 4.90 Å². The van der Waals surface area contributed by atoms with Crippen LogP contribution in [0.25, 0.3) is 44.5 Å². The molecule has 0 unspecified atom stereocenters. The average Bonchev–Trinajstić information content (AvgIpc) is 3.87. The van der Waals surface area contributed by atoms with E-state index in [1.165, 1.54) is 106 Å². The largest absolute Gasteiger partial charge is 0.310 e. The molecule has 0 amide bonds. The van der Waals surface area contributed by atoms with Crippen LogP contribution in [-0.2, 0) is 16.2 Å². The molecule has 0 aromatic heterocycles.